The molecule has 0 atom stereocenters. The molecule has 1 aliphatic heterocycles. The molecule has 0 saturated carbocycles. The van der Waals surface area contributed by atoms with Crippen LogP contribution in [0.5, 0.6) is 0 Å². The molecule has 3 heterocycles. The van der Waals surface area contributed by atoms with Crippen LogP contribution in [0.1, 0.15) is 16.8 Å². The van der Waals surface area contributed by atoms with Gasteiger partial charge in [-0.25, -0.2) is 9.97 Å². The molecule has 104 valence electrons. The highest BCUT2D eigenvalue weighted by Crippen LogP contribution is 2.22. The van der Waals surface area contributed by atoms with E-state index in [0.29, 0.717) is 0 Å². The maximum absolute atomic E-state index is 6.19. The summed E-state index contributed by atoms with van der Waals surface area (Å²) in [6, 6.07) is 1.84. The Hall–Kier alpha value is -1.17. The molecule has 1 aliphatic rings. The Morgan fingerprint density at radius 1 is 1.40 bits per heavy atom. The zero-order chi connectivity index (χ0) is 13.9. The van der Waals surface area contributed by atoms with Crippen molar-refractivity contribution in [2.24, 2.45) is 0 Å². The van der Waals surface area contributed by atoms with Gasteiger partial charge in [-0.2, -0.15) is 0 Å². The van der Waals surface area contributed by atoms with Crippen LogP contribution in [0, 0.1) is 0 Å². The maximum atomic E-state index is 6.19. The Morgan fingerprint density at radius 3 is 3.10 bits per heavy atom. The highest BCUT2D eigenvalue weighted by Gasteiger charge is 2.19. The maximum Gasteiger partial charge on any atom is 0.187 e. The van der Waals surface area contributed by atoms with E-state index in [9.17, 15) is 0 Å². The van der Waals surface area contributed by atoms with E-state index in [1.165, 1.54) is 11.3 Å². The molecular formula is C14H15ClN4S. The summed E-state index contributed by atoms with van der Waals surface area (Å²) in [6.45, 7) is 2.68. The monoisotopic (exact) mass is 306 g/mol. The highest BCUT2D eigenvalue weighted by molar-refractivity contribution is 7.98. The molecule has 0 spiro atoms. The fourth-order valence-electron chi connectivity index (χ4n) is 2.36. The molecule has 0 amide bonds. The molecule has 4 nitrogen and oxygen atoms in total. The predicted molar refractivity (Wildman–Crippen MR) is 80.9 cm³/mol. The van der Waals surface area contributed by atoms with Crippen LogP contribution in [0.15, 0.2) is 29.8 Å². The number of thioether (sulfide) groups is 1. The average Bonchev–Trinajstić information content (AvgIpc) is 2.49. The van der Waals surface area contributed by atoms with Crippen molar-refractivity contribution in [1.29, 1.82) is 0 Å². The van der Waals surface area contributed by atoms with Gasteiger partial charge in [-0.15, -0.1) is 0 Å². The SMILES string of the molecule is CSc1ncc2c(n1)CCN(Cc1cnccc1Cl)C2. The average molecular weight is 307 g/mol. The Labute approximate surface area is 127 Å². The Kier molecular flexibility index (Phi) is 4.19. The van der Waals surface area contributed by atoms with Crippen molar-refractivity contribution in [3.05, 3.63) is 46.5 Å². The molecule has 0 radical (unpaired) electrons. The molecule has 0 N–H and O–H groups in total. The lowest BCUT2D eigenvalue weighted by Crippen LogP contribution is -2.31. The van der Waals surface area contributed by atoms with Gasteiger partial charge in [0.2, 0.25) is 0 Å². The van der Waals surface area contributed by atoms with Crippen molar-refractivity contribution >= 4 is 23.4 Å². The van der Waals surface area contributed by atoms with Crippen molar-refractivity contribution in [2.75, 3.05) is 12.8 Å². The predicted octanol–water partition coefficient (Wildman–Crippen LogP) is 2.81. The minimum Gasteiger partial charge on any atom is -0.294 e. The van der Waals surface area contributed by atoms with Crippen LogP contribution in [0.2, 0.25) is 5.02 Å². The van der Waals surface area contributed by atoms with Gasteiger partial charge < -0.3 is 0 Å². The molecule has 0 saturated heterocycles. The molecule has 0 unspecified atom stereocenters. The van der Waals surface area contributed by atoms with Crippen LogP contribution < -0.4 is 0 Å². The van der Waals surface area contributed by atoms with Crippen LogP contribution in [0.25, 0.3) is 0 Å². The van der Waals surface area contributed by atoms with Crippen molar-refractivity contribution in [1.82, 2.24) is 19.9 Å². The molecule has 6 heteroatoms. The Morgan fingerprint density at radius 2 is 2.30 bits per heavy atom. The van der Waals surface area contributed by atoms with Gasteiger partial charge in [0.05, 0.1) is 5.69 Å². The quantitative estimate of drug-likeness (QED) is 0.644. The van der Waals surface area contributed by atoms with Crippen LogP contribution in [0.4, 0.5) is 0 Å². The molecule has 0 bridgehead atoms. The first-order valence-corrected chi connectivity index (χ1v) is 8.06. The number of fused-ring (bicyclic) bond motifs is 1. The summed E-state index contributed by atoms with van der Waals surface area (Å²) < 4.78 is 0. The molecule has 2 aromatic heterocycles. The number of aromatic nitrogens is 3. The lowest BCUT2D eigenvalue weighted by Gasteiger charge is -2.28. The first-order chi connectivity index (χ1) is 9.76. The van der Waals surface area contributed by atoms with Gasteiger partial charge in [0.15, 0.2) is 5.16 Å². The lowest BCUT2D eigenvalue weighted by molar-refractivity contribution is 0.242. The number of hydrogen-bond donors (Lipinski definition) is 0. The first-order valence-electron chi connectivity index (χ1n) is 6.46. The van der Waals surface area contributed by atoms with Gasteiger partial charge >= 0.3 is 0 Å². The molecule has 0 aromatic carbocycles. The highest BCUT2D eigenvalue weighted by atomic mass is 35.5. The molecule has 20 heavy (non-hydrogen) atoms. The smallest absolute Gasteiger partial charge is 0.187 e. The lowest BCUT2D eigenvalue weighted by atomic mass is 10.1. The second-order valence-electron chi connectivity index (χ2n) is 4.76. The largest absolute Gasteiger partial charge is 0.294 e. The third-order valence-electron chi connectivity index (χ3n) is 3.41. The zero-order valence-electron chi connectivity index (χ0n) is 11.2. The number of hydrogen-bond acceptors (Lipinski definition) is 5. The van der Waals surface area contributed by atoms with Crippen LogP contribution in [-0.2, 0) is 19.5 Å². The summed E-state index contributed by atoms with van der Waals surface area (Å²) in [5, 5.41) is 1.63. The summed E-state index contributed by atoms with van der Waals surface area (Å²) in [5.74, 6) is 0. The van der Waals surface area contributed by atoms with E-state index >= 15 is 0 Å². The fraction of sp³-hybridized carbons (Fsp3) is 0.357. The number of halogens is 1. The van der Waals surface area contributed by atoms with Gasteiger partial charge in [0.25, 0.3) is 0 Å². The Balaban J connectivity index is 1.74. The minimum absolute atomic E-state index is 0.778. The molecule has 3 rings (SSSR count). The van der Waals surface area contributed by atoms with Gasteiger partial charge in [-0.3, -0.25) is 9.88 Å². The summed E-state index contributed by atoms with van der Waals surface area (Å²) in [7, 11) is 0. The van der Waals surface area contributed by atoms with Crippen molar-refractivity contribution in [2.45, 2.75) is 24.7 Å². The molecular weight excluding hydrogens is 292 g/mol. The third-order valence-corrected chi connectivity index (χ3v) is 4.34. The van der Waals surface area contributed by atoms with Gasteiger partial charge in [-0.1, -0.05) is 23.4 Å². The second kappa shape index (κ2) is 6.08. The van der Waals surface area contributed by atoms with Crippen LogP contribution in [-0.4, -0.2) is 32.7 Å². The zero-order valence-corrected chi connectivity index (χ0v) is 12.8. The minimum atomic E-state index is 0.778. The van der Waals surface area contributed by atoms with E-state index < -0.39 is 0 Å². The molecule has 0 fully saturated rings. The van der Waals surface area contributed by atoms with E-state index in [2.05, 4.69) is 19.9 Å². The van der Waals surface area contributed by atoms with Gasteiger partial charge in [-0.05, 0) is 12.3 Å². The van der Waals surface area contributed by atoms with Gasteiger partial charge in [0, 0.05) is 60.8 Å². The normalized spacial score (nSPS) is 15.1. The number of nitrogens with zero attached hydrogens (tertiary/aromatic N) is 4. The second-order valence-corrected chi connectivity index (χ2v) is 5.94. The third kappa shape index (κ3) is 2.95. The van der Waals surface area contributed by atoms with E-state index in [1.807, 2.05) is 24.7 Å². The standard InChI is InChI=1S/C14H15ClN4S/c1-20-14-17-7-11-9-19(5-3-13(11)18-14)8-10-6-16-4-2-12(10)15/h2,4,6-7H,3,5,8-9H2,1H3. The van der Waals surface area contributed by atoms with Gasteiger partial charge in [0.1, 0.15) is 0 Å². The first kappa shape index (κ1) is 13.8. The summed E-state index contributed by atoms with van der Waals surface area (Å²) in [4.78, 5) is 15.4. The van der Waals surface area contributed by atoms with E-state index in [0.717, 1.165) is 41.8 Å². The summed E-state index contributed by atoms with van der Waals surface area (Å²) in [5.41, 5.74) is 3.46. The van der Waals surface area contributed by atoms with Crippen molar-refractivity contribution in [3.8, 4) is 0 Å². The van der Waals surface area contributed by atoms with E-state index in [1.54, 1.807) is 18.0 Å². The summed E-state index contributed by atoms with van der Waals surface area (Å²) in [6.07, 6.45) is 8.47. The fourth-order valence-corrected chi connectivity index (χ4v) is 2.88. The van der Waals surface area contributed by atoms with Crippen LogP contribution in [0.3, 0.4) is 0 Å². The number of pyridine rings is 1. The van der Waals surface area contributed by atoms with Crippen molar-refractivity contribution in [3.63, 3.8) is 0 Å². The van der Waals surface area contributed by atoms with Crippen LogP contribution >= 0.6 is 23.4 Å². The summed E-state index contributed by atoms with van der Waals surface area (Å²) >= 11 is 7.77. The number of rotatable bonds is 3. The molecule has 2 aromatic rings. The van der Waals surface area contributed by atoms with Crippen molar-refractivity contribution < 1.29 is 0 Å². The van der Waals surface area contributed by atoms with E-state index in [-0.39, 0.29) is 0 Å². The topological polar surface area (TPSA) is 41.9 Å². The Bertz CT molecular complexity index is 620. The van der Waals surface area contributed by atoms with E-state index in [4.69, 9.17) is 11.6 Å². The molecule has 0 aliphatic carbocycles.